The molecular formula is C13H22N2O5. The van der Waals surface area contributed by atoms with E-state index in [-0.39, 0.29) is 6.42 Å². The first-order valence-electron chi connectivity index (χ1n) is 6.75. The van der Waals surface area contributed by atoms with E-state index in [4.69, 9.17) is 15.9 Å². The Bertz CT molecular complexity index is 390. The minimum Gasteiger partial charge on any atom is -0.481 e. The molecule has 0 radical (unpaired) electrons. The van der Waals surface area contributed by atoms with E-state index in [0.29, 0.717) is 12.8 Å². The van der Waals surface area contributed by atoms with Gasteiger partial charge in [0, 0.05) is 7.05 Å². The molecule has 1 aliphatic rings. The summed E-state index contributed by atoms with van der Waals surface area (Å²) < 4.78 is 0. The zero-order valence-corrected chi connectivity index (χ0v) is 11.7. The molecule has 1 rings (SSSR count). The number of carboxylic acids is 2. The second-order valence-electron chi connectivity index (χ2n) is 5.46. The van der Waals surface area contributed by atoms with E-state index >= 15 is 0 Å². The summed E-state index contributed by atoms with van der Waals surface area (Å²) in [6, 6.07) is -1.13. The molecule has 0 aliphatic heterocycles. The lowest BCUT2D eigenvalue weighted by Crippen LogP contribution is -2.56. The molecule has 1 amide bonds. The van der Waals surface area contributed by atoms with Crippen LogP contribution in [0, 0.1) is 0 Å². The Morgan fingerprint density at radius 2 is 1.70 bits per heavy atom. The number of carbonyl (C=O) groups excluding carboxylic acids is 1. The maximum atomic E-state index is 12.2. The molecule has 0 saturated heterocycles. The quantitative estimate of drug-likeness (QED) is 0.651. The van der Waals surface area contributed by atoms with Crippen LogP contribution in [0.15, 0.2) is 0 Å². The maximum Gasteiger partial charge on any atom is 0.305 e. The molecule has 20 heavy (non-hydrogen) atoms. The highest BCUT2D eigenvalue weighted by atomic mass is 16.4. The van der Waals surface area contributed by atoms with Crippen molar-refractivity contribution in [3.8, 4) is 0 Å². The van der Waals surface area contributed by atoms with Crippen LogP contribution in [0.2, 0.25) is 0 Å². The molecule has 0 heterocycles. The van der Waals surface area contributed by atoms with Gasteiger partial charge in [-0.2, -0.15) is 0 Å². The van der Waals surface area contributed by atoms with Gasteiger partial charge < -0.3 is 20.8 Å². The van der Waals surface area contributed by atoms with Crippen molar-refractivity contribution in [2.24, 2.45) is 5.73 Å². The lowest BCUT2D eigenvalue weighted by molar-refractivity contribution is -0.149. The predicted octanol–water partition coefficient (Wildman–Crippen LogP) is 0.424. The van der Waals surface area contributed by atoms with Gasteiger partial charge in [-0.15, -0.1) is 0 Å². The number of nitrogens with zero attached hydrogens (tertiary/aromatic N) is 1. The predicted molar refractivity (Wildman–Crippen MR) is 71.1 cm³/mol. The van der Waals surface area contributed by atoms with Crippen LogP contribution >= 0.6 is 0 Å². The van der Waals surface area contributed by atoms with Gasteiger partial charge in [-0.1, -0.05) is 19.3 Å². The first kappa shape index (κ1) is 16.4. The summed E-state index contributed by atoms with van der Waals surface area (Å²) in [6.45, 7) is 0. The number of rotatable bonds is 6. The summed E-state index contributed by atoms with van der Waals surface area (Å²) in [5, 5.41) is 17.8. The van der Waals surface area contributed by atoms with Crippen molar-refractivity contribution >= 4 is 17.8 Å². The Kier molecular flexibility index (Phi) is 5.50. The maximum absolute atomic E-state index is 12.2. The highest BCUT2D eigenvalue weighted by molar-refractivity contribution is 5.86. The van der Waals surface area contributed by atoms with Gasteiger partial charge in [-0.3, -0.25) is 14.4 Å². The Labute approximate surface area is 117 Å². The molecule has 0 aromatic heterocycles. The number of nitrogens with two attached hydrogens (primary N) is 1. The molecule has 1 unspecified atom stereocenters. The third-order valence-electron chi connectivity index (χ3n) is 4.02. The average Bonchev–Trinajstić information content (AvgIpc) is 2.36. The van der Waals surface area contributed by atoms with Crippen molar-refractivity contribution < 1.29 is 24.6 Å². The van der Waals surface area contributed by atoms with E-state index in [9.17, 15) is 14.4 Å². The first-order chi connectivity index (χ1) is 9.28. The van der Waals surface area contributed by atoms with Crippen LogP contribution in [0.3, 0.4) is 0 Å². The van der Waals surface area contributed by atoms with Crippen molar-refractivity contribution in [3.05, 3.63) is 0 Å². The van der Waals surface area contributed by atoms with E-state index in [0.717, 1.165) is 19.3 Å². The van der Waals surface area contributed by atoms with Crippen LogP contribution in [0.25, 0.3) is 0 Å². The van der Waals surface area contributed by atoms with Gasteiger partial charge in [0.1, 0.15) is 0 Å². The normalized spacial score (nSPS) is 19.1. The Balaban J connectivity index is 2.86. The van der Waals surface area contributed by atoms with Crippen molar-refractivity contribution in [2.45, 2.75) is 56.5 Å². The van der Waals surface area contributed by atoms with Gasteiger partial charge in [0.05, 0.1) is 24.4 Å². The van der Waals surface area contributed by atoms with Crippen molar-refractivity contribution in [1.82, 2.24) is 4.90 Å². The van der Waals surface area contributed by atoms with Gasteiger partial charge in [0.25, 0.3) is 0 Å². The molecule has 7 heteroatoms. The summed E-state index contributed by atoms with van der Waals surface area (Å²) in [4.78, 5) is 35.3. The van der Waals surface area contributed by atoms with E-state index in [2.05, 4.69) is 0 Å². The average molecular weight is 286 g/mol. The molecule has 114 valence electrons. The lowest BCUT2D eigenvalue weighted by atomic mass is 9.77. The molecule has 1 fully saturated rings. The highest BCUT2D eigenvalue weighted by Gasteiger charge is 2.41. The van der Waals surface area contributed by atoms with Crippen LogP contribution in [0.1, 0.15) is 44.9 Å². The molecule has 1 atom stereocenters. The second-order valence-corrected chi connectivity index (χ2v) is 5.46. The van der Waals surface area contributed by atoms with Crippen molar-refractivity contribution in [3.63, 3.8) is 0 Å². The Morgan fingerprint density at radius 3 is 2.15 bits per heavy atom. The molecule has 0 bridgehead atoms. The first-order valence-corrected chi connectivity index (χ1v) is 6.75. The van der Waals surface area contributed by atoms with Gasteiger partial charge in [0.2, 0.25) is 5.91 Å². The summed E-state index contributed by atoms with van der Waals surface area (Å²) in [5.74, 6) is -2.61. The van der Waals surface area contributed by atoms with Crippen molar-refractivity contribution in [2.75, 3.05) is 7.05 Å². The summed E-state index contributed by atoms with van der Waals surface area (Å²) in [5.41, 5.74) is 4.86. The zero-order valence-electron chi connectivity index (χ0n) is 11.7. The van der Waals surface area contributed by atoms with Gasteiger partial charge >= 0.3 is 11.9 Å². The van der Waals surface area contributed by atoms with Crippen LogP contribution in [0.5, 0.6) is 0 Å². The number of hydrogen-bond donors (Lipinski definition) is 3. The van der Waals surface area contributed by atoms with E-state index in [1.54, 1.807) is 0 Å². The molecule has 4 N–H and O–H groups in total. The fraction of sp³-hybridized carbons (Fsp3) is 0.769. The second kappa shape index (κ2) is 6.69. The standard InChI is InChI=1S/C13H22N2O5/c1-15(12(20)9(14)7-10(16)17)13(8-11(18)19)5-3-2-4-6-13/h9H,2-8,14H2,1H3,(H,16,17)(H,18,19). The van der Waals surface area contributed by atoms with E-state index in [1.807, 2.05) is 0 Å². The largest absolute Gasteiger partial charge is 0.481 e. The Hall–Kier alpha value is -1.63. The highest BCUT2D eigenvalue weighted by Crippen LogP contribution is 2.36. The van der Waals surface area contributed by atoms with Crippen LogP contribution in [-0.2, 0) is 14.4 Å². The zero-order chi connectivity index (χ0) is 15.3. The number of likely N-dealkylation sites (N-methyl/N-ethyl adjacent to an activating group) is 1. The van der Waals surface area contributed by atoms with Gasteiger partial charge in [-0.05, 0) is 12.8 Å². The molecule has 1 aliphatic carbocycles. The Morgan fingerprint density at radius 1 is 1.15 bits per heavy atom. The number of carboxylic acid groups (broad SMARTS) is 2. The van der Waals surface area contributed by atoms with Crippen molar-refractivity contribution in [1.29, 1.82) is 0 Å². The fourth-order valence-corrected chi connectivity index (χ4v) is 2.88. The monoisotopic (exact) mass is 286 g/mol. The minimum absolute atomic E-state index is 0.130. The van der Waals surface area contributed by atoms with Gasteiger partial charge in [-0.25, -0.2) is 0 Å². The molecule has 0 aromatic rings. The van der Waals surface area contributed by atoms with Crippen LogP contribution in [0.4, 0.5) is 0 Å². The molecule has 0 spiro atoms. The number of aliphatic carboxylic acids is 2. The summed E-state index contributed by atoms with van der Waals surface area (Å²) in [7, 11) is 1.53. The minimum atomic E-state index is -1.14. The lowest BCUT2D eigenvalue weighted by Gasteiger charge is -2.44. The topological polar surface area (TPSA) is 121 Å². The number of carbonyl (C=O) groups is 3. The third-order valence-corrected chi connectivity index (χ3v) is 4.02. The molecule has 0 aromatic carbocycles. The van der Waals surface area contributed by atoms with E-state index < -0.39 is 35.8 Å². The van der Waals surface area contributed by atoms with Gasteiger partial charge in [0.15, 0.2) is 0 Å². The fourth-order valence-electron chi connectivity index (χ4n) is 2.88. The number of amides is 1. The summed E-state index contributed by atoms with van der Waals surface area (Å²) >= 11 is 0. The molecular weight excluding hydrogens is 264 g/mol. The van der Waals surface area contributed by atoms with E-state index in [1.165, 1.54) is 11.9 Å². The summed E-state index contributed by atoms with van der Waals surface area (Å²) in [6.07, 6.45) is 3.38. The molecule has 7 nitrogen and oxygen atoms in total. The van der Waals surface area contributed by atoms with Crippen LogP contribution in [-0.4, -0.2) is 51.6 Å². The SMILES string of the molecule is CN(C(=O)C(N)CC(=O)O)C1(CC(=O)O)CCCCC1. The smallest absolute Gasteiger partial charge is 0.305 e. The van der Waals surface area contributed by atoms with Crippen LogP contribution < -0.4 is 5.73 Å². The molecule has 1 saturated carbocycles. The third kappa shape index (κ3) is 3.93. The number of hydrogen-bond acceptors (Lipinski definition) is 4.